The number of aryl methyl sites for hydroxylation is 1. The van der Waals surface area contributed by atoms with Gasteiger partial charge in [-0.05, 0) is 37.3 Å². The van der Waals surface area contributed by atoms with E-state index in [9.17, 15) is 9.59 Å². The second kappa shape index (κ2) is 9.53. The van der Waals surface area contributed by atoms with E-state index < -0.39 is 5.97 Å². The van der Waals surface area contributed by atoms with Gasteiger partial charge < -0.3 is 19.3 Å². The van der Waals surface area contributed by atoms with Crippen LogP contribution in [0.2, 0.25) is 5.02 Å². The van der Waals surface area contributed by atoms with Crippen molar-refractivity contribution in [3.8, 4) is 22.9 Å². The molecule has 2 aromatic heterocycles. The third kappa shape index (κ3) is 5.18. The highest BCUT2D eigenvalue weighted by molar-refractivity contribution is 6.33. The van der Waals surface area contributed by atoms with Crippen molar-refractivity contribution >= 4 is 29.3 Å². The average molecular weight is 468 g/mol. The SMILES string of the molecule is CCOC(=O)c1nc(-c2ccc(Oc3cccc(C(=O)Nc4ccn(C)n4)c3)cc2Cl)no1. The lowest BCUT2D eigenvalue weighted by atomic mass is 10.2. The number of carbonyl (C=O) groups is 2. The first-order valence-electron chi connectivity index (χ1n) is 9.82. The summed E-state index contributed by atoms with van der Waals surface area (Å²) < 4.78 is 17.2. The molecule has 4 rings (SSSR count). The molecule has 0 saturated heterocycles. The van der Waals surface area contributed by atoms with Crippen molar-refractivity contribution in [2.75, 3.05) is 11.9 Å². The third-order valence-electron chi connectivity index (χ3n) is 4.34. The maximum absolute atomic E-state index is 12.5. The van der Waals surface area contributed by atoms with Gasteiger partial charge in [0.1, 0.15) is 11.5 Å². The number of nitrogens with zero attached hydrogens (tertiary/aromatic N) is 4. The molecule has 0 fully saturated rings. The van der Waals surface area contributed by atoms with Gasteiger partial charge >= 0.3 is 11.9 Å². The van der Waals surface area contributed by atoms with Crippen LogP contribution >= 0.6 is 11.6 Å². The van der Waals surface area contributed by atoms with Crippen molar-refractivity contribution in [2.45, 2.75) is 6.92 Å². The first kappa shape index (κ1) is 22.0. The molecular weight excluding hydrogens is 450 g/mol. The Kier molecular flexibility index (Phi) is 6.36. The lowest BCUT2D eigenvalue weighted by Gasteiger charge is -2.09. The predicted octanol–water partition coefficient (Wildman–Crippen LogP) is 4.34. The van der Waals surface area contributed by atoms with Crippen LogP contribution in [0.15, 0.2) is 59.3 Å². The molecule has 1 N–H and O–H groups in total. The Bertz CT molecular complexity index is 1320. The zero-order valence-corrected chi connectivity index (χ0v) is 18.4. The molecule has 0 aliphatic heterocycles. The minimum absolute atomic E-state index is 0.141. The fraction of sp³-hybridized carbons (Fsp3) is 0.136. The molecular formula is C22H18ClN5O5. The largest absolute Gasteiger partial charge is 0.459 e. The minimum atomic E-state index is -0.709. The molecule has 0 radical (unpaired) electrons. The van der Waals surface area contributed by atoms with Gasteiger partial charge in [-0.2, -0.15) is 10.1 Å². The first-order valence-corrected chi connectivity index (χ1v) is 10.2. The van der Waals surface area contributed by atoms with Gasteiger partial charge in [-0.3, -0.25) is 9.48 Å². The number of carbonyl (C=O) groups excluding carboxylic acids is 2. The van der Waals surface area contributed by atoms with E-state index >= 15 is 0 Å². The van der Waals surface area contributed by atoms with Gasteiger partial charge in [0.05, 0.1) is 11.6 Å². The highest BCUT2D eigenvalue weighted by Crippen LogP contribution is 2.32. The zero-order chi connectivity index (χ0) is 23.4. The summed E-state index contributed by atoms with van der Waals surface area (Å²) in [5.41, 5.74) is 0.853. The van der Waals surface area contributed by atoms with E-state index in [0.29, 0.717) is 28.4 Å². The molecule has 33 heavy (non-hydrogen) atoms. The summed E-state index contributed by atoms with van der Waals surface area (Å²) in [7, 11) is 1.76. The molecule has 0 atom stereocenters. The minimum Gasteiger partial charge on any atom is -0.459 e. The molecule has 0 aliphatic carbocycles. The van der Waals surface area contributed by atoms with E-state index in [2.05, 4.69) is 20.6 Å². The van der Waals surface area contributed by atoms with Crippen molar-refractivity contribution in [1.82, 2.24) is 19.9 Å². The number of amides is 1. The Balaban J connectivity index is 1.47. The summed E-state index contributed by atoms with van der Waals surface area (Å²) in [4.78, 5) is 28.2. The molecule has 168 valence electrons. The number of ether oxygens (including phenoxy) is 2. The Labute approximate surface area is 193 Å². The number of nitrogens with one attached hydrogen (secondary N) is 1. The summed E-state index contributed by atoms with van der Waals surface area (Å²) in [6, 6.07) is 13.2. The molecule has 0 bridgehead atoms. The molecule has 10 nitrogen and oxygen atoms in total. The van der Waals surface area contributed by atoms with E-state index in [1.165, 1.54) is 0 Å². The van der Waals surface area contributed by atoms with Crippen LogP contribution in [0.4, 0.5) is 5.82 Å². The van der Waals surface area contributed by atoms with Crippen LogP contribution in [-0.2, 0) is 11.8 Å². The number of halogens is 1. The molecule has 2 heterocycles. The summed E-state index contributed by atoms with van der Waals surface area (Å²) in [5, 5.41) is 10.9. The Morgan fingerprint density at radius 2 is 1.97 bits per heavy atom. The standard InChI is InChI=1S/C22H18ClN5O5/c1-3-31-22(30)21-25-19(27-33-21)16-8-7-15(12-17(16)23)32-14-6-4-5-13(11-14)20(29)24-18-9-10-28(2)26-18/h4-12H,3H2,1-2H3,(H,24,26,29). The Morgan fingerprint density at radius 1 is 1.15 bits per heavy atom. The third-order valence-corrected chi connectivity index (χ3v) is 4.66. The number of aromatic nitrogens is 4. The summed E-state index contributed by atoms with van der Waals surface area (Å²) >= 11 is 6.36. The fourth-order valence-corrected chi connectivity index (χ4v) is 3.11. The highest BCUT2D eigenvalue weighted by atomic mass is 35.5. The monoisotopic (exact) mass is 467 g/mol. The maximum Gasteiger partial charge on any atom is 0.397 e. The zero-order valence-electron chi connectivity index (χ0n) is 17.6. The van der Waals surface area contributed by atoms with Crippen LogP contribution in [0.3, 0.4) is 0 Å². The molecule has 0 saturated carbocycles. The summed E-state index contributed by atoms with van der Waals surface area (Å²) in [5.74, 6) is 0.175. The van der Waals surface area contributed by atoms with Crippen LogP contribution in [0.1, 0.15) is 28.0 Å². The van der Waals surface area contributed by atoms with Crippen LogP contribution in [0.25, 0.3) is 11.4 Å². The van der Waals surface area contributed by atoms with E-state index in [1.54, 1.807) is 73.4 Å². The van der Waals surface area contributed by atoms with Gasteiger partial charge in [0.25, 0.3) is 5.91 Å². The summed E-state index contributed by atoms with van der Waals surface area (Å²) in [6.07, 6.45) is 1.73. The van der Waals surface area contributed by atoms with E-state index in [0.717, 1.165) is 0 Å². The molecule has 4 aromatic rings. The second-order valence-electron chi connectivity index (χ2n) is 6.74. The van der Waals surface area contributed by atoms with Crippen LogP contribution < -0.4 is 10.1 Å². The van der Waals surface area contributed by atoms with Gasteiger partial charge in [-0.25, -0.2) is 4.79 Å². The lowest BCUT2D eigenvalue weighted by molar-refractivity contribution is 0.0470. The normalized spacial score (nSPS) is 10.6. The number of benzene rings is 2. The van der Waals surface area contributed by atoms with Crippen molar-refractivity contribution < 1.29 is 23.6 Å². The lowest BCUT2D eigenvalue weighted by Crippen LogP contribution is -2.12. The van der Waals surface area contributed by atoms with Gasteiger partial charge in [-0.15, -0.1) is 0 Å². The van der Waals surface area contributed by atoms with E-state index in [-0.39, 0.29) is 29.3 Å². The smallest absolute Gasteiger partial charge is 0.397 e. The van der Waals surface area contributed by atoms with Crippen molar-refractivity contribution in [1.29, 1.82) is 0 Å². The quantitative estimate of drug-likeness (QED) is 0.398. The van der Waals surface area contributed by atoms with Gasteiger partial charge in [0.15, 0.2) is 5.82 Å². The van der Waals surface area contributed by atoms with Gasteiger partial charge in [0, 0.05) is 36.5 Å². The van der Waals surface area contributed by atoms with E-state index in [1.807, 2.05) is 0 Å². The number of rotatable bonds is 7. The van der Waals surface area contributed by atoms with Crippen molar-refractivity contribution in [3.63, 3.8) is 0 Å². The van der Waals surface area contributed by atoms with Crippen LogP contribution in [-0.4, -0.2) is 38.4 Å². The molecule has 11 heteroatoms. The first-order chi connectivity index (χ1) is 15.9. The molecule has 1 amide bonds. The van der Waals surface area contributed by atoms with E-state index in [4.69, 9.17) is 25.6 Å². The van der Waals surface area contributed by atoms with Gasteiger partial charge in [-0.1, -0.05) is 22.8 Å². The number of hydrogen-bond acceptors (Lipinski definition) is 8. The number of anilines is 1. The van der Waals surface area contributed by atoms with Crippen LogP contribution in [0, 0.1) is 0 Å². The average Bonchev–Trinajstić information content (AvgIpc) is 3.43. The Hall–Kier alpha value is -4.18. The molecule has 0 unspecified atom stereocenters. The highest BCUT2D eigenvalue weighted by Gasteiger charge is 2.19. The summed E-state index contributed by atoms with van der Waals surface area (Å²) in [6.45, 7) is 1.86. The van der Waals surface area contributed by atoms with Crippen molar-refractivity contribution in [3.05, 3.63) is 71.2 Å². The Morgan fingerprint density at radius 3 is 2.70 bits per heavy atom. The molecule has 2 aromatic carbocycles. The molecule has 0 spiro atoms. The number of esters is 1. The topological polar surface area (TPSA) is 121 Å². The van der Waals surface area contributed by atoms with Gasteiger partial charge in [0.2, 0.25) is 5.82 Å². The molecule has 0 aliphatic rings. The second-order valence-corrected chi connectivity index (χ2v) is 7.15. The maximum atomic E-state index is 12.5. The van der Waals surface area contributed by atoms with Crippen molar-refractivity contribution in [2.24, 2.45) is 7.05 Å². The number of hydrogen-bond donors (Lipinski definition) is 1. The predicted molar refractivity (Wildman–Crippen MR) is 118 cm³/mol. The van der Waals surface area contributed by atoms with Crippen LogP contribution in [0.5, 0.6) is 11.5 Å². The fourth-order valence-electron chi connectivity index (χ4n) is 2.86.